The van der Waals surface area contributed by atoms with Gasteiger partial charge in [0.05, 0.1) is 11.3 Å². The molecule has 1 amide bonds. The Bertz CT molecular complexity index is 581. The van der Waals surface area contributed by atoms with Crippen molar-refractivity contribution >= 4 is 17.4 Å². The van der Waals surface area contributed by atoms with Crippen LogP contribution < -0.4 is 10.2 Å². The number of carbonyl (C=O) groups is 2. The molecule has 0 bridgehead atoms. The van der Waals surface area contributed by atoms with Crippen LogP contribution in [0.2, 0.25) is 0 Å². The van der Waals surface area contributed by atoms with Crippen LogP contribution >= 0.6 is 0 Å². The molecule has 1 aliphatic heterocycles. The van der Waals surface area contributed by atoms with Gasteiger partial charge in [-0.3, -0.25) is 9.59 Å². The third-order valence-corrected chi connectivity index (χ3v) is 3.03. The van der Waals surface area contributed by atoms with Gasteiger partial charge in [0.25, 0.3) is 11.7 Å². The molecular formula is C14H15FN2O2. The van der Waals surface area contributed by atoms with Gasteiger partial charge in [0.1, 0.15) is 5.82 Å². The number of benzene rings is 1. The Hall–Kier alpha value is -2.01. The number of hydrogen-bond acceptors (Lipinski definition) is 3. The maximum Gasteiger partial charge on any atom is 0.299 e. The number of ketones is 1. The number of fused-ring (bicyclic) bond motifs is 1. The molecule has 0 saturated carbocycles. The van der Waals surface area contributed by atoms with E-state index < -0.39 is 17.5 Å². The summed E-state index contributed by atoms with van der Waals surface area (Å²) in [6, 6.07) is 2.43. The van der Waals surface area contributed by atoms with Crippen molar-refractivity contribution < 1.29 is 14.0 Å². The van der Waals surface area contributed by atoms with E-state index in [2.05, 4.69) is 11.9 Å². The average Bonchev–Trinajstić information content (AvgIpc) is 2.55. The molecule has 0 radical (unpaired) electrons. The van der Waals surface area contributed by atoms with Gasteiger partial charge in [-0.15, -0.1) is 0 Å². The average molecular weight is 262 g/mol. The van der Waals surface area contributed by atoms with E-state index in [0.717, 1.165) is 11.6 Å². The first-order chi connectivity index (χ1) is 8.95. The minimum atomic E-state index is -0.658. The topological polar surface area (TPSA) is 49.4 Å². The van der Waals surface area contributed by atoms with Crippen LogP contribution in [-0.2, 0) is 4.79 Å². The summed E-state index contributed by atoms with van der Waals surface area (Å²) in [7, 11) is 1.77. The standard InChI is InChI=1S/C14H15FN2O2/c1-8(6-16-3)7-17-12-9(2)4-10(15)5-11(12)13(18)14(17)19/h4-5,16H,1,6-7H2,2-3H3. The van der Waals surface area contributed by atoms with Gasteiger partial charge >= 0.3 is 0 Å². The number of likely N-dealkylation sites (N-methyl/N-ethyl adjacent to an activating group) is 1. The highest BCUT2D eigenvalue weighted by molar-refractivity contribution is 6.52. The van der Waals surface area contributed by atoms with Gasteiger partial charge in [0, 0.05) is 13.1 Å². The number of nitrogens with one attached hydrogen (secondary N) is 1. The number of hydrogen-bond donors (Lipinski definition) is 1. The molecular weight excluding hydrogens is 247 g/mol. The van der Waals surface area contributed by atoms with Crippen molar-refractivity contribution in [1.82, 2.24) is 5.32 Å². The van der Waals surface area contributed by atoms with Crippen molar-refractivity contribution in [3.05, 3.63) is 41.2 Å². The molecule has 0 aliphatic carbocycles. The third kappa shape index (κ3) is 2.29. The molecule has 0 spiro atoms. The lowest BCUT2D eigenvalue weighted by Gasteiger charge is -2.19. The normalized spacial score (nSPS) is 13.9. The fraction of sp³-hybridized carbons (Fsp3) is 0.286. The molecule has 1 aromatic carbocycles. The molecule has 1 aromatic rings. The molecule has 0 unspecified atom stereocenters. The quantitative estimate of drug-likeness (QED) is 0.660. The van der Waals surface area contributed by atoms with E-state index in [1.807, 2.05) is 0 Å². The molecule has 5 heteroatoms. The Kier molecular flexibility index (Phi) is 3.48. The van der Waals surface area contributed by atoms with Crippen LogP contribution in [0.15, 0.2) is 24.3 Å². The van der Waals surface area contributed by atoms with Crippen molar-refractivity contribution in [3.63, 3.8) is 0 Å². The fourth-order valence-electron chi connectivity index (χ4n) is 2.29. The smallest absolute Gasteiger partial charge is 0.299 e. The van der Waals surface area contributed by atoms with E-state index in [0.29, 0.717) is 17.8 Å². The summed E-state index contributed by atoms with van der Waals surface area (Å²) in [5.41, 5.74) is 1.99. The second kappa shape index (κ2) is 4.93. The van der Waals surface area contributed by atoms with E-state index in [1.54, 1.807) is 14.0 Å². The van der Waals surface area contributed by atoms with Crippen LogP contribution in [0.3, 0.4) is 0 Å². The van der Waals surface area contributed by atoms with Crippen molar-refractivity contribution in [2.45, 2.75) is 6.92 Å². The zero-order valence-electron chi connectivity index (χ0n) is 10.9. The Balaban J connectivity index is 2.41. The SMILES string of the molecule is C=C(CNC)CN1C(=O)C(=O)c2cc(F)cc(C)c21. The number of halogens is 1. The first kappa shape index (κ1) is 13.4. The van der Waals surface area contributed by atoms with Gasteiger partial charge < -0.3 is 10.2 Å². The number of Topliss-reactive ketones (excluding diaryl/α,β-unsaturated/α-hetero) is 1. The van der Waals surface area contributed by atoms with Gasteiger partial charge in [0.15, 0.2) is 0 Å². The molecule has 1 aliphatic rings. The highest BCUT2D eigenvalue weighted by Crippen LogP contribution is 2.33. The number of carbonyl (C=O) groups excluding carboxylic acids is 2. The molecule has 100 valence electrons. The van der Waals surface area contributed by atoms with E-state index in [4.69, 9.17) is 0 Å². The molecule has 4 nitrogen and oxygen atoms in total. The monoisotopic (exact) mass is 262 g/mol. The van der Waals surface area contributed by atoms with Crippen LogP contribution in [0.25, 0.3) is 0 Å². The highest BCUT2D eigenvalue weighted by atomic mass is 19.1. The van der Waals surface area contributed by atoms with Gasteiger partial charge in [-0.05, 0) is 37.2 Å². The maximum absolute atomic E-state index is 13.3. The van der Waals surface area contributed by atoms with E-state index in [-0.39, 0.29) is 12.1 Å². The van der Waals surface area contributed by atoms with Gasteiger partial charge in [-0.1, -0.05) is 6.58 Å². The summed E-state index contributed by atoms with van der Waals surface area (Å²) in [4.78, 5) is 25.2. The Labute approximate surface area is 110 Å². The van der Waals surface area contributed by atoms with E-state index in [1.165, 1.54) is 11.0 Å². The Morgan fingerprint density at radius 2 is 2.11 bits per heavy atom. The molecule has 1 heterocycles. The van der Waals surface area contributed by atoms with Crippen molar-refractivity contribution in [2.24, 2.45) is 0 Å². The molecule has 0 saturated heterocycles. The third-order valence-electron chi connectivity index (χ3n) is 3.03. The fourth-order valence-corrected chi connectivity index (χ4v) is 2.29. The van der Waals surface area contributed by atoms with Crippen LogP contribution in [-0.4, -0.2) is 31.8 Å². The van der Waals surface area contributed by atoms with Crippen LogP contribution in [0.4, 0.5) is 10.1 Å². The number of amides is 1. The van der Waals surface area contributed by atoms with Crippen LogP contribution in [0.1, 0.15) is 15.9 Å². The zero-order chi connectivity index (χ0) is 14.2. The first-order valence-electron chi connectivity index (χ1n) is 5.93. The van der Waals surface area contributed by atoms with Gasteiger partial charge in [-0.25, -0.2) is 4.39 Å². The van der Waals surface area contributed by atoms with Gasteiger partial charge in [0.2, 0.25) is 0 Å². The first-order valence-corrected chi connectivity index (χ1v) is 5.93. The van der Waals surface area contributed by atoms with Crippen molar-refractivity contribution in [1.29, 1.82) is 0 Å². The summed E-state index contributed by atoms with van der Waals surface area (Å²) in [6.07, 6.45) is 0. The molecule has 2 rings (SSSR count). The predicted molar refractivity (Wildman–Crippen MR) is 70.9 cm³/mol. The largest absolute Gasteiger partial charge is 0.316 e. The summed E-state index contributed by atoms with van der Waals surface area (Å²) in [5.74, 6) is -1.79. The number of anilines is 1. The lowest BCUT2D eigenvalue weighted by atomic mass is 10.1. The molecule has 1 N–H and O–H groups in total. The van der Waals surface area contributed by atoms with Crippen molar-refractivity contribution in [3.8, 4) is 0 Å². The molecule has 0 fully saturated rings. The Morgan fingerprint density at radius 1 is 1.42 bits per heavy atom. The van der Waals surface area contributed by atoms with Gasteiger partial charge in [-0.2, -0.15) is 0 Å². The minimum Gasteiger partial charge on any atom is -0.316 e. The number of rotatable bonds is 4. The summed E-state index contributed by atoms with van der Waals surface area (Å²) < 4.78 is 13.3. The lowest BCUT2D eigenvalue weighted by molar-refractivity contribution is -0.114. The van der Waals surface area contributed by atoms with E-state index in [9.17, 15) is 14.0 Å². The second-order valence-corrected chi connectivity index (χ2v) is 4.62. The number of aryl methyl sites for hydroxylation is 1. The van der Waals surface area contributed by atoms with Crippen molar-refractivity contribution in [2.75, 3.05) is 25.0 Å². The molecule has 19 heavy (non-hydrogen) atoms. The van der Waals surface area contributed by atoms with Crippen LogP contribution in [0.5, 0.6) is 0 Å². The number of nitrogens with zero attached hydrogens (tertiary/aromatic N) is 1. The summed E-state index contributed by atoms with van der Waals surface area (Å²) in [6.45, 7) is 6.33. The zero-order valence-corrected chi connectivity index (χ0v) is 10.9. The minimum absolute atomic E-state index is 0.139. The summed E-state index contributed by atoms with van der Waals surface area (Å²) in [5, 5.41) is 2.93. The molecule has 0 aromatic heterocycles. The van der Waals surface area contributed by atoms with E-state index >= 15 is 0 Å². The Morgan fingerprint density at radius 3 is 2.74 bits per heavy atom. The lowest BCUT2D eigenvalue weighted by Crippen LogP contribution is -2.33. The summed E-state index contributed by atoms with van der Waals surface area (Å²) >= 11 is 0. The maximum atomic E-state index is 13.3. The molecule has 0 atom stereocenters. The second-order valence-electron chi connectivity index (χ2n) is 4.62. The van der Waals surface area contributed by atoms with Crippen LogP contribution in [0, 0.1) is 12.7 Å². The predicted octanol–water partition coefficient (Wildman–Crippen LogP) is 1.44. The highest BCUT2D eigenvalue weighted by Gasteiger charge is 2.37.